The second-order valence-corrected chi connectivity index (χ2v) is 4.58. The van der Waals surface area contributed by atoms with Crippen LogP contribution in [0.4, 0.5) is 5.69 Å². The molecule has 0 radical (unpaired) electrons. The van der Waals surface area contributed by atoms with E-state index >= 15 is 0 Å². The molecule has 0 spiro atoms. The van der Waals surface area contributed by atoms with Crippen LogP contribution in [0, 0.1) is 0 Å². The first-order chi connectivity index (χ1) is 8.88. The minimum absolute atomic E-state index is 0.880. The van der Waals surface area contributed by atoms with E-state index in [1.54, 1.807) is 0 Å². The summed E-state index contributed by atoms with van der Waals surface area (Å²) in [5.74, 6) is 0. The number of morpholine rings is 1. The number of rotatable bonds is 6. The lowest BCUT2D eigenvalue weighted by Crippen LogP contribution is -2.40. The monoisotopic (exact) mass is 249 g/mol. The lowest BCUT2D eigenvalue weighted by atomic mass is 10.2. The normalized spacial score (nSPS) is 16.7. The van der Waals surface area contributed by atoms with Gasteiger partial charge in [-0.05, 0) is 17.7 Å². The first kappa shape index (κ1) is 13.3. The van der Waals surface area contributed by atoms with Crippen molar-refractivity contribution in [2.24, 2.45) is 0 Å². The Morgan fingerprint density at radius 3 is 2.56 bits per heavy atom. The van der Waals surface area contributed by atoms with Gasteiger partial charge in [-0.2, -0.15) is 0 Å². The molecule has 18 heavy (non-hydrogen) atoms. The van der Waals surface area contributed by atoms with Crippen molar-refractivity contribution in [3.8, 4) is 0 Å². The van der Waals surface area contributed by atoms with Gasteiger partial charge in [-0.1, -0.05) is 12.1 Å². The van der Waals surface area contributed by atoms with E-state index in [0.29, 0.717) is 0 Å². The molecule has 2 N–H and O–H groups in total. The smallest absolute Gasteiger partial charge is 0.0594 e. The topological polar surface area (TPSA) is 36.5 Å². The fourth-order valence-electron chi connectivity index (χ4n) is 2.08. The molecule has 2 rings (SSSR count). The van der Waals surface area contributed by atoms with Crippen LogP contribution in [0.3, 0.4) is 0 Å². The van der Waals surface area contributed by atoms with Gasteiger partial charge >= 0.3 is 0 Å². The van der Waals surface area contributed by atoms with Crippen LogP contribution in [0.25, 0.3) is 0 Å². The van der Waals surface area contributed by atoms with E-state index in [1.807, 2.05) is 7.05 Å². The summed E-state index contributed by atoms with van der Waals surface area (Å²) in [5, 5.41) is 6.61. The zero-order valence-electron chi connectivity index (χ0n) is 11.1. The molecule has 1 fully saturated rings. The molecule has 0 aromatic heterocycles. The molecular formula is C14H23N3O. The maximum absolute atomic E-state index is 5.33. The van der Waals surface area contributed by atoms with Gasteiger partial charge in [-0.25, -0.2) is 0 Å². The van der Waals surface area contributed by atoms with Crippen molar-refractivity contribution >= 4 is 5.69 Å². The minimum Gasteiger partial charge on any atom is -0.388 e. The van der Waals surface area contributed by atoms with Crippen LogP contribution in [0.5, 0.6) is 0 Å². The van der Waals surface area contributed by atoms with Gasteiger partial charge in [-0.15, -0.1) is 0 Å². The van der Waals surface area contributed by atoms with Crippen molar-refractivity contribution in [3.63, 3.8) is 0 Å². The summed E-state index contributed by atoms with van der Waals surface area (Å²) in [5.41, 5.74) is 2.49. The SMILES string of the molecule is CNc1ccc(CNCCN2CCOCC2)cc1. The van der Waals surface area contributed by atoms with Gasteiger partial charge < -0.3 is 15.4 Å². The minimum atomic E-state index is 0.880. The molecule has 0 saturated carbocycles. The van der Waals surface area contributed by atoms with Gasteiger partial charge in [0.25, 0.3) is 0 Å². The Morgan fingerprint density at radius 2 is 1.89 bits per heavy atom. The van der Waals surface area contributed by atoms with Crippen molar-refractivity contribution in [2.45, 2.75) is 6.54 Å². The quantitative estimate of drug-likeness (QED) is 0.742. The van der Waals surface area contributed by atoms with Gasteiger partial charge in [0.1, 0.15) is 0 Å². The second-order valence-electron chi connectivity index (χ2n) is 4.58. The predicted molar refractivity (Wildman–Crippen MR) is 75.0 cm³/mol. The van der Waals surface area contributed by atoms with E-state index in [2.05, 4.69) is 39.8 Å². The Labute approximate surface area is 109 Å². The third-order valence-corrected chi connectivity index (χ3v) is 3.28. The van der Waals surface area contributed by atoms with E-state index < -0.39 is 0 Å². The number of ether oxygens (including phenoxy) is 1. The van der Waals surface area contributed by atoms with Crippen LogP contribution >= 0.6 is 0 Å². The lowest BCUT2D eigenvalue weighted by Gasteiger charge is -2.26. The second kappa shape index (κ2) is 7.36. The number of anilines is 1. The Morgan fingerprint density at radius 1 is 1.17 bits per heavy atom. The maximum Gasteiger partial charge on any atom is 0.0594 e. The molecule has 100 valence electrons. The van der Waals surface area contributed by atoms with Gasteiger partial charge in [-0.3, -0.25) is 4.90 Å². The average Bonchev–Trinajstić information content (AvgIpc) is 2.45. The first-order valence-electron chi connectivity index (χ1n) is 6.66. The van der Waals surface area contributed by atoms with Crippen molar-refractivity contribution < 1.29 is 4.74 Å². The van der Waals surface area contributed by atoms with Crippen molar-refractivity contribution in [3.05, 3.63) is 29.8 Å². The summed E-state index contributed by atoms with van der Waals surface area (Å²) in [6.07, 6.45) is 0. The van der Waals surface area contributed by atoms with E-state index in [1.165, 1.54) is 5.56 Å². The molecule has 0 atom stereocenters. The maximum atomic E-state index is 5.33. The summed E-state index contributed by atoms with van der Waals surface area (Å²) in [6.45, 7) is 6.98. The lowest BCUT2D eigenvalue weighted by molar-refractivity contribution is 0.0384. The van der Waals surface area contributed by atoms with Crippen LogP contribution in [0.2, 0.25) is 0 Å². The van der Waals surface area contributed by atoms with Crippen LogP contribution in [0.15, 0.2) is 24.3 Å². The number of hydrogen-bond donors (Lipinski definition) is 2. The van der Waals surface area contributed by atoms with E-state index in [9.17, 15) is 0 Å². The van der Waals surface area contributed by atoms with Gasteiger partial charge in [0.05, 0.1) is 13.2 Å². The van der Waals surface area contributed by atoms with E-state index in [4.69, 9.17) is 4.74 Å². The fraction of sp³-hybridized carbons (Fsp3) is 0.571. The Bertz CT molecular complexity index is 333. The summed E-state index contributed by atoms with van der Waals surface area (Å²) in [6, 6.07) is 8.54. The largest absolute Gasteiger partial charge is 0.388 e. The zero-order chi connectivity index (χ0) is 12.6. The molecule has 1 aliphatic rings. The summed E-state index contributed by atoms with van der Waals surface area (Å²) in [4.78, 5) is 2.45. The highest BCUT2D eigenvalue weighted by Crippen LogP contribution is 2.07. The number of nitrogens with one attached hydrogen (secondary N) is 2. The molecule has 0 amide bonds. The third kappa shape index (κ3) is 4.29. The Kier molecular flexibility index (Phi) is 5.45. The third-order valence-electron chi connectivity index (χ3n) is 3.28. The van der Waals surface area contributed by atoms with Crippen LogP contribution in [-0.2, 0) is 11.3 Å². The molecule has 0 aliphatic carbocycles. The van der Waals surface area contributed by atoms with E-state index in [0.717, 1.165) is 51.6 Å². The molecule has 0 unspecified atom stereocenters. The standard InChI is InChI=1S/C14H23N3O/c1-15-14-4-2-13(3-5-14)12-16-6-7-17-8-10-18-11-9-17/h2-5,15-16H,6-12H2,1H3. The molecule has 4 heteroatoms. The zero-order valence-corrected chi connectivity index (χ0v) is 11.1. The van der Waals surface area contributed by atoms with Crippen molar-refractivity contribution in [2.75, 3.05) is 51.8 Å². The summed E-state index contributed by atoms with van der Waals surface area (Å²) >= 11 is 0. The predicted octanol–water partition coefficient (Wildman–Crippen LogP) is 1.15. The fourth-order valence-corrected chi connectivity index (χ4v) is 2.08. The van der Waals surface area contributed by atoms with Gasteiger partial charge in [0.2, 0.25) is 0 Å². The molecule has 1 heterocycles. The molecule has 1 saturated heterocycles. The molecule has 1 aromatic carbocycles. The first-order valence-corrected chi connectivity index (χ1v) is 6.66. The van der Waals surface area contributed by atoms with Crippen LogP contribution in [0.1, 0.15) is 5.56 Å². The highest BCUT2D eigenvalue weighted by molar-refractivity contribution is 5.43. The molecular weight excluding hydrogens is 226 g/mol. The number of benzene rings is 1. The molecule has 1 aromatic rings. The van der Waals surface area contributed by atoms with E-state index in [-0.39, 0.29) is 0 Å². The molecule has 4 nitrogen and oxygen atoms in total. The van der Waals surface area contributed by atoms with Gasteiger partial charge in [0.15, 0.2) is 0 Å². The van der Waals surface area contributed by atoms with Crippen molar-refractivity contribution in [1.82, 2.24) is 10.2 Å². The highest BCUT2D eigenvalue weighted by atomic mass is 16.5. The molecule has 1 aliphatic heterocycles. The average molecular weight is 249 g/mol. The van der Waals surface area contributed by atoms with Crippen molar-refractivity contribution in [1.29, 1.82) is 0 Å². The Hall–Kier alpha value is -1.10. The molecule has 0 bridgehead atoms. The number of hydrogen-bond acceptors (Lipinski definition) is 4. The van der Waals surface area contributed by atoms with Crippen LogP contribution < -0.4 is 10.6 Å². The summed E-state index contributed by atoms with van der Waals surface area (Å²) < 4.78 is 5.33. The highest BCUT2D eigenvalue weighted by Gasteiger charge is 2.08. The van der Waals surface area contributed by atoms with Crippen LogP contribution in [-0.4, -0.2) is 51.3 Å². The Balaban J connectivity index is 1.62. The number of nitrogens with zero attached hydrogens (tertiary/aromatic N) is 1. The van der Waals surface area contributed by atoms with Gasteiger partial charge in [0, 0.05) is 45.5 Å². The summed E-state index contributed by atoms with van der Waals surface area (Å²) in [7, 11) is 1.94.